The highest BCUT2D eigenvalue weighted by molar-refractivity contribution is 5.52. The monoisotopic (exact) mass is 303 g/mol. The van der Waals surface area contributed by atoms with Crippen LogP contribution in [0.3, 0.4) is 0 Å². The molecule has 1 saturated heterocycles. The minimum Gasteiger partial charge on any atom is -0.444 e. The van der Waals surface area contributed by atoms with Gasteiger partial charge in [-0.2, -0.15) is 0 Å². The lowest BCUT2D eigenvalue weighted by atomic mass is 9.98. The Morgan fingerprint density at radius 2 is 2.36 bits per heavy atom. The van der Waals surface area contributed by atoms with Crippen LogP contribution in [-0.2, 0) is 6.54 Å². The summed E-state index contributed by atoms with van der Waals surface area (Å²) in [5, 5.41) is 3.26. The molecule has 0 saturated carbocycles. The molecule has 1 aromatic carbocycles. The molecule has 22 heavy (non-hydrogen) atoms. The molecule has 3 rings (SSSR count). The van der Waals surface area contributed by atoms with Crippen LogP contribution < -0.4 is 5.32 Å². The molecule has 1 aliphatic heterocycles. The smallest absolute Gasteiger partial charge is 0.226 e. The highest BCUT2D eigenvalue weighted by atomic mass is 19.1. The Hall–Kier alpha value is -1.72. The molecule has 1 atom stereocenters. The van der Waals surface area contributed by atoms with E-state index in [-0.39, 0.29) is 5.82 Å². The van der Waals surface area contributed by atoms with Crippen molar-refractivity contribution in [3.63, 3.8) is 0 Å². The first kappa shape index (κ1) is 15.2. The first-order chi connectivity index (χ1) is 10.7. The molecule has 0 aliphatic carbocycles. The summed E-state index contributed by atoms with van der Waals surface area (Å²) in [6.45, 7) is 4.04. The number of hydrogen-bond donors (Lipinski definition) is 1. The predicted molar refractivity (Wildman–Crippen MR) is 83.8 cm³/mol. The van der Waals surface area contributed by atoms with Gasteiger partial charge in [-0.3, -0.25) is 4.90 Å². The summed E-state index contributed by atoms with van der Waals surface area (Å²) in [4.78, 5) is 6.91. The Bertz CT molecular complexity index is 611. The number of nitrogens with zero attached hydrogens (tertiary/aromatic N) is 2. The second-order valence-electron chi connectivity index (χ2n) is 5.96. The van der Waals surface area contributed by atoms with Crippen LogP contribution in [0.4, 0.5) is 4.39 Å². The van der Waals surface area contributed by atoms with Gasteiger partial charge in [-0.1, -0.05) is 6.07 Å². The molecule has 1 unspecified atom stereocenters. The van der Waals surface area contributed by atoms with Crippen LogP contribution in [0.15, 0.2) is 34.9 Å². The summed E-state index contributed by atoms with van der Waals surface area (Å²) in [5.41, 5.74) is 1.59. The van der Waals surface area contributed by atoms with Crippen molar-refractivity contribution in [2.24, 2.45) is 5.92 Å². The number of oxazole rings is 1. The number of rotatable bonds is 5. The third-order valence-corrected chi connectivity index (χ3v) is 4.10. The van der Waals surface area contributed by atoms with Crippen molar-refractivity contribution in [2.75, 3.05) is 26.7 Å². The second-order valence-corrected chi connectivity index (χ2v) is 5.96. The van der Waals surface area contributed by atoms with E-state index in [9.17, 15) is 4.39 Å². The molecular formula is C17H22FN3O. The number of nitrogens with one attached hydrogen (secondary N) is 1. The normalized spacial score (nSPS) is 19.5. The van der Waals surface area contributed by atoms with Crippen LogP contribution in [0, 0.1) is 11.7 Å². The molecule has 118 valence electrons. The molecule has 0 amide bonds. The first-order valence-electron chi connectivity index (χ1n) is 7.82. The topological polar surface area (TPSA) is 41.3 Å². The van der Waals surface area contributed by atoms with E-state index in [2.05, 4.69) is 15.2 Å². The molecule has 0 spiro atoms. The molecule has 4 nitrogen and oxygen atoms in total. The van der Waals surface area contributed by atoms with E-state index >= 15 is 0 Å². The minimum atomic E-state index is -0.275. The SMILES string of the molecule is CNCC1CCCN(Cc2coc(-c3cccc(F)c3)n2)C1. The fraction of sp³-hybridized carbons (Fsp3) is 0.471. The number of aromatic nitrogens is 1. The maximum atomic E-state index is 13.3. The van der Waals surface area contributed by atoms with Crippen molar-refractivity contribution in [1.82, 2.24) is 15.2 Å². The van der Waals surface area contributed by atoms with Gasteiger partial charge in [0.2, 0.25) is 5.89 Å². The molecule has 2 aromatic rings. The van der Waals surface area contributed by atoms with Gasteiger partial charge in [0.25, 0.3) is 0 Å². The van der Waals surface area contributed by atoms with Gasteiger partial charge in [-0.15, -0.1) is 0 Å². The molecule has 5 heteroatoms. The lowest BCUT2D eigenvalue weighted by molar-refractivity contribution is 0.165. The van der Waals surface area contributed by atoms with E-state index in [0.29, 0.717) is 17.4 Å². The Labute approximate surface area is 130 Å². The largest absolute Gasteiger partial charge is 0.444 e. The van der Waals surface area contributed by atoms with E-state index in [0.717, 1.165) is 31.9 Å². The average Bonchev–Trinajstić information content (AvgIpc) is 2.96. The van der Waals surface area contributed by atoms with Gasteiger partial charge in [-0.05, 0) is 57.1 Å². The van der Waals surface area contributed by atoms with Crippen LogP contribution in [0.5, 0.6) is 0 Å². The van der Waals surface area contributed by atoms with Crippen LogP contribution in [-0.4, -0.2) is 36.6 Å². The summed E-state index contributed by atoms with van der Waals surface area (Å²) in [7, 11) is 2.00. The molecular weight excluding hydrogens is 281 g/mol. The van der Waals surface area contributed by atoms with Crippen LogP contribution in [0.2, 0.25) is 0 Å². The average molecular weight is 303 g/mol. The van der Waals surface area contributed by atoms with Crippen LogP contribution in [0.25, 0.3) is 11.5 Å². The number of benzene rings is 1. The maximum absolute atomic E-state index is 13.3. The molecule has 0 bridgehead atoms. The maximum Gasteiger partial charge on any atom is 0.226 e. The fourth-order valence-corrected chi connectivity index (χ4v) is 3.11. The molecule has 1 aliphatic rings. The van der Waals surface area contributed by atoms with Crippen molar-refractivity contribution in [2.45, 2.75) is 19.4 Å². The minimum absolute atomic E-state index is 0.275. The summed E-state index contributed by atoms with van der Waals surface area (Å²) < 4.78 is 18.8. The molecule has 1 aromatic heterocycles. The first-order valence-corrected chi connectivity index (χ1v) is 7.82. The van der Waals surface area contributed by atoms with Crippen molar-refractivity contribution in [1.29, 1.82) is 0 Å². The van der Waals surface area contributed by atoms with E-state index in [1.807, 2.05) is 13.1 Å². The van der Waals surface area contributed by atoms with Gasteiger partial charge >= 0.3 is 0 Å². The molecule has 1 fully saturated rings. The lowest BCUT2D eigenvalue weighted by Crippen LogP contribution is -2.38. The van der Waals surface area contributed by atoms with Crippen molar-refractivity contribution in [3.8, 4) is 11.5 Å². The highest BCUT2D eigenvalue weighted by Gasteiger charge is 2.20. The zero-order valence-electron chi connectivity index (χ0n) is 12.9. The van der Waals surface area contributed by atoms with Crippen molar-refractivity contribution >= 4 is 0 Å². The highest BCUT2D eigenvalue weighted by Crippen LogP contribution is 2.22. The summed E-state index contributed by atoms with van der Waals surface area (Å²) >= 11 is 0. The summed E-state index contributed by atoms with van der Waals surface area (Å²) in [6, 6.07) is 6.34. The fourth-order valence-electron chi connectivity index (χ4n) is 3.11. The standard InChI is InChI=1S/C17H22FN3O/c1-19-9-13-4-3-7-21(10-13)11-16-12-22-17(20-16)14-5-2-6-15(18)8-14/h2,5-6,8,12-13,19H,3-4,7,9-11H2,1H3. The predicted octanol–water partition coefficient (Wildman–Crippen LogP) is 2.91. The van der Waals surface area contributed by atoms with Gasteiger partial charge in [0.1, 0.15) is 12.1 Å². The van der Waals surface area contributed by atoms with Gasteiger partial charge in [0.05, 0.1) is 5.69 Å². The Morgan fingerprint density at radius 1 is 1.45 bits per heavy atom. The number of hydrogen-bond acceptors (Lipinski definition) is 4. The number of likely N-dealkylation sites (tertiary alicyclic amines) is 1. The quantitative estimate of drug-likeness (QED) is 0.922. The van der Waals surface area contributed by atoms with E-state index in [1.54, 1.807) is 12.3 Å². The summed E-state index contributed by atoms with van der Waals surface area (Å²) in [5.74, 6) is 0.912. The van der Waals surface area contributed by atoms with Gasteiger partial charge in [0, 0.05) is 18.7 Å². The zero-order valence-corrected chi connectivity index (χ0v) is 12.9. The molecule has 1 N–H and O–H groups in total. The van der Waals surface area contributed by atoms with Crippen LogP contribution >= 0.6 is 0 Å². The van der Waals surface area contributed by atoms with E-state index < -0.39 is 0 Å². The van der Waals surface area contributed by atoms with E-state index in [1.165, 1.54) is 25.0 Å². The number of halogens is 1. The third-order valence-electron chi connectivity index (χ3n) is 4.10. The Morgan fingerprint density at radius 3 is 3.18 bits per heavy atom. The Balaban J connectivity index is 1.64. The van der Waals surface area contributed by atoms with Crippen LogP contribution in [0.1, 0.15) is 18.5 Å². The zero-order chi connectivity index (χ0) is 15.4. The van der Waals surface area contributed by atoms with Crippen molar-refractivity contribution < 1.29 is 8.81 Å². The van der Waals surface area contributed by atoms with E-state index in [4.69, 9.17) is 4.42 Å². The third kappa shape index (κ3) is 3.72. The second kappa shape index (κ2) is 7.03. The molecule has 2 heterocycles. The Kier molecular flexibility index (Phi) is 4.85. The number of piperidine rings is 1. The molecule has 0 radical (unpaired) electrons. The van der Waals surface area contributed by atoms with Crippen molar-refractivity contribution in [3.05, 3.63) is 42.0 Å². The lowest BCUT2D eigenvalue weighted by Gasteiger charge is -2.32. The van der Waals surface area contributed by atoms with Gasteiger partial charge in [0.15, 0.2) is 0 Å². The summed E-state index contributed by atoms with van der Waals surface area (Å²) in [6.07, 6.45) is 4.19. The van der Waals surface area contributed by atoms with Gasteiger partial charge in [-0.25, -0.2) is 9.37 Å². The van der Waals surface area contributed by atoms with Gasteiger partial charge < -0.3 is 9.73 Å².